The third kappa shape index (κ3) is 4.52. The summed E-state index contributed by atoms with van der Waals surface area (Å²) in [7, 11) is 5.15. The Morgan fingerprint density at radius 1 is 1.19 bits per heavy atom. The van der Waals surface area contributed by atoms with E-state index >= 15 is 0 Å². The summed E-state index contributed by atoms with van der Waals surface area (Å²) < 4.78 is 10.6. The lowest BCUT2D eigenvalue weighted by Gasteiger charge is -2.22. The largest absolute Gasteiger partial charge is 0.493 e. The van der Waals surface area contributed by atoms with E-state index in [1.165, 1.54) is 0 Å². The molecular formula is C20H24N3O3+. The van der Waals surface area contributed by atoms with Crippen LogP contribution in [0, 0.1) is 11.3 Å². The molecule has 0 fully saturated rings. The van der Waals surface area contributed by atoms with Crippen molar-refractivity contribution in [3.63, 3.8) is 0 Å². The van der Waals surface area contributed by atoms with Gasteiger partial charge in [-0.1, -0.05) is 12.1 Å². The fourth-order valence-corrected chi connectivity index (χ4v) is 2.62. The second kappa shape index (κ2) is 8.88. The molecule has 2 aromatic rings. The summed E-state index contributed by atoms with van der Waals surface area (Å²) in [5.41, 5.74) is 2.02. The van der Waals surface area contributed by atoms with Crippen LogP contribution in [0.15, 0.2) is 42.5 Å². The number of likely N-dealkylation sites (N-methyl/N-ethyl adjacent to an activating group) is 1. The number of para-hydroxylation sites is 1. The van der Waals surface area contributed by atoms with E-state index in [1.54, 1.807) is 38.5 Å². The van der Waals surface area contributed by atoms with Crippen molar-refractivity contribution in [3.05, 3.63) is 53.6 Å². The van der Waals surface area contributed by atoms with E-state index < -0.39 is 0 Å². The normalized spacial score (nSPS) is 12.6. The summed E-state index contributed by atoms with van der Waals surface area (Å²) in [5, 5.41) is 12.0. The van der Waals surface area contributed by atoms with Gasteiger partial charge >= 0.3 is 0 Å². The first-order valence-corrected chi connectivity index (χ1v) is 8.33. The molecule has 0 aliphatic heterocycles. The zero-order valence-corrected chi connectivity index (χ0v) is 15.5. The standard InChI is InChI=1S/C20H23N3O3/c1-14(20(24)22-17-8-6-5-7-16(17)12-21)23(2)13-15-9-10-18(25-3)19(11-15)26-4/h5-11,14H,13H2,1-4H3,(H,22,24)/p+1/t14-/m1/s1. The molecule has 6 heteroatoms. The number of nitrogens with zero attached hydrogens (tertiary/aromatic N) is 1. The van der Waals surface area contributed by atoms with E-state index in [-0.39, 0.29) is 11.9 Å². The molecule has 0 radical (unpaired) electrons. The minimum absolute atomic E-state index is 0.134. The number of amides is 1. The number of carbonyl (C=O) groups is 1. The van der Waals surface area contributed by atoms with Gasteiger partial charge in [0, 0.05) is 5.56 Å². The van der Waals surface area contributed by atoms with Crippen LogP contribution in [0.3, 0.4) is 0 Å². The summed E-state index contributed by atoms with van der Waals surface area (Å²) in [6.07, 6.45) is 0. The number of hydrogen-bond donors (Lipinski definition) is 2. The van der Waals surface area contributed by atoms with E-state index in [4.69, 9.17) is 14.7 Å². The van der Waals surface area contributed by atoms with Crippen LogP contribution >= 0.6 is 0 Å². The number of rotatable bonds is 7. The maximum atomic E-state index is 12.5. The van der Waals surface area contributed by atoms with Gasteiger partial charge in [-0.05, 0) is 37.3 Å². The molecule has 2 aromatic carbocycles. The van der Waals surface area contributed by atoms with E-state index in [1.807, 2.05) is 32.2 Å². The van der Waals surface area contributed by atoms with Gasteiger partial charge in [0.1, 0.15) is 12.6 Å². The predicted molar refractivity (Wildman–Crippen MR) is 99.4 cm³/mol. The summed E-state index contributed by atoms with van der Waals surface area (Å²) in [4.78, 5) is 13.6. The number of methoxy groups -OCH3 is 2. The van der Waals surface area contributed by atoms with Crippen LogP contribution in [0.25, 0.3) is 0 Å². The number of nitriles is 1. The number of hydrogen-bond acceptors (Lipinski definition) is 4. The Morgan fingerprint density at radius 3 is 2.54 bits per heavy atom. The molecule has 0 aromatic heterocycles. The van der Waals surface area contributed by atoms with Crippen molar-refractivity contribution in [1.29, 1.82) is 5.26 Å². The second-order valence-electron chi connectivity index (χ2n) is 6.08. The average Bonchev–Trinajstić information content (AvgIpc) is 2.67. The van der Waals surface area contributed by atoms with Crippen molar-refractivity contribution in [2.24, 2.45) is 0 Å². The molecule has 0 saturated carbocycles. The van der Waals surface area contributed by atoms with E-state index in [2.05, 4.69) is 11.4 Å². The Labute approximate surface area is 153 Å². The average molecular weight is 354 g/mol. The molecule has 0 heterocycles. The van der Waals surface area contributed by atoms with E-state index in [9.17, 15) is 4.79 Å². The van der Waals surface area contributed by atoms with Gasteiger partial charge in [0.2, 0.25) is 0 Å². The fourth-order valence-electron chi connectivity index (χ4n) is 2.62. The van der Waals surface area contributed by atoms with Crippen LogP contribution in [-0.4, -0.2) is 33.2 Å². The maximum Gasteiger partial charge on any atom is 0.282 e. The lowest BCUT2D eigenvalue weighted by Crippen LogP contribution is -3.12. The predicted octanol–water partition coefficient (Wildman–Crippen LogP) is 1.62. The Bertz CT molecular complexity index is 814. The van der Waals surface area contributed by atoms with Crippen molar-refractivity contribution in [2.45, 2.75) is 19.5 Å². The van der Waals surface area contributed by atoms with Gasteiger partial charge < -0.3 is 19.7 Å². The lowest BCUT2D eigenvalue weighted by molar-refractivity contribution is -0.907. The first-order valence-electron chi connectivity index (χ1n) is 8.33. The van der Waals surface area contributed by atoms with Gasteiger partial charge in [0.15, 0.2) is 17.5 Å². The van der Waals surface area contributed by atoms with E-state index in [0.29, 0.717) is 29.3 Å². The molecule has 0 aliphatic rings. The number of ether oxygens (including phenoxy) is 2. The van der Waals surface area contributed by atoms with Crippen LogP contribution in [0.5, 0.6) is 11.5 Å². The van der Waals surface area contributed by atoms with Gasteiger partial charge in [-0.25, -0.2) is 0 Å². The molecule has 1 unspecified atom stereocenters. The van der Waals surface area contributed by atoms with Crippen molar-refractivity contribution in [3.8, 4) is 17.6 Å². The molecule has 0 bridgehead atoms. The Balaban J connectivity index is 2.06. The van der Waals surface area contributed by atoms with Crippen molar-refractivity contribution >= 4 is 11.6 Å². The molecule has 2 rings (SSSR count). The van der Waals surface area contributed by atoms with Crippen molar-refractivity contribution in [1.82, 2.24) is 0 Å². The highest BCUT2D eigenvalue weighted by atomic mass is 16.5. The first kappa shape index (κ1) is 19.3. The number of anilines is 1. The molecule has 2 N–H and O–H groups in total. The third-order valence-electron chi connectivity index (χ3n) is 4.37. The summed E-state index contributed by atoms with van der Waals surface area (Å²) in [5.74, 6) is 1.20. The quantitative estimate of drug-likeness (QED) is 0.792. The van der Waals surface area contributed by atoms with Gasteiger partial charge in [-0.15, -0.1) is 0 Å². The summed E-state index contributed by atoms with van der Waals surface area (Å²) in [6, 6.07) is 14.5. The molecule has 136 valence electrons. The van der Waals surface area contributed by atoms with Crippen molar-refractivity contribution in [2.75, 3.05) is 26.6 Å². The summed E-state index contributed by atoms with van der Waals surface area (Å²) in [6.45, 7) is 2.51. The minimum Gasteiger partial charge on any atom is -0.493 e. The maximum absolute atomic E-state index is 12.5. The number of nitrogens with one attached hydrogen (secondary N) is 2. The number of benzene rings is 2. The van der Waals surface area contributed by atoms with Crippen LogP contribution in [0.4, 0.5) is 5.69 Å². The fraction of sp³-hybridized carbons (Fsp3) is 0.300. The minimum atomic E-state index is -0.296. The molecule has 26 heavy (non-hydrogen) atoms. The van der Waals surface area contributed by atoms with Crippen LogP contribution in [0.1, 0.15) is 18.1 Å². The molecule has 0 spiro atoms. The zero-order chi connectivity index (χ0) is 19.1. The van der Waals surface area contributed by atoms with E-state index in [0.717, 1.165) is 10.5 Å². The molecule has 0 saturated heterocycles. The molecular weight excluding hydrogens is 330 g/mol. The smallest absolute Gasteiger partial charge is 0.282 e. The monoisotopic (exact) mass is 354 g/mol. The number of carbonyl (C=O) groups excluding carboxylic acids is 1. The lowest BCUT2D eigenvalue weighted by atomic mass is 10.1. The van der Waals surface area contributed by atoms with Crippen LogP contribution in [-0.2, 0) is 11.3 Å². The first-order chi connectivity index (χ1) is 12.5. The summed E-state index contributed by atoms with van der Waals surface area (Å²) >= 11 is 0. The third-order valence-corrected chi connectivity index (χ3v) is 4.37. The Kier molecular flexibility index (Phi) is 6.59. The Hall–Kier alpha value is -3.04. The number of quaternary nitrogens is 1. The molecule has 0 aliphatic carbocycles. The topological polar surface area (TPSA) is 75.8 Å². The van der Waals surface area contributed by atoms with Gasteiger partial charge in [0.05, 0.1) is 32.5 Å². The zero-order valence-electron chi connectivity index (χ0n) is 15.5. The van der Waals surface area contributed by atoms with Crippen LogP contribution in [0.2, 0.25) is 0 Å². The SMILES string of the molecule is COc1ccc(C[NH+](C)[C@H](C)C(=O)Nc2ccccc2C#N)cc1OC. The van der Waals surface area contributed by atoms with Crippen molar-refractivity contribution < 1.29 is 19.2 Å². The van der Waals surface area contributed by atoms with Gasteiger partial charge in [0.25, 0.3) is 5.91 Å². The highest BCUT2D eigenvalue weighted by Gasteiger charge is 2.23. The Morgan fingerprint density at radius 2 is 1.88 bits per heavy atom. The second-order valence-corrected chi connectivity index (χ2v) is 6.08. The molecule has 6 nitrogen and oxygen atoms in total. The van der Waals surface area contributed by atoms with Gasteiger partial charge in [-0.2, -0.15) is 5.26 Å². The van der Waals surface area contributed by atoms with Gasteiger partial charge in [-0.3, -0.25) is 4.79 Å². The molecule has 1 amide bonds. The highest BCUT2D eigenvalue weighted by molar-refractivity contribution is 5.94. The highest BCUT2D eigenvalue weighted by Crippen LogP contribution is 2.27. The van der Waals surface area contributed by atoms with Crippen LogP contribution < -0.4 is 19.7 Å². The molecule has 2 atom stereocenters.